The molecular formula is C13H14N2O2. The van der Waals surface area contributed by atoms with E-state index in [9.17, 15) is 4.79 Å². The minimum absolute atomic E-state index is 0.368. The summed E-state index contributed by atoms with van der Waals surface area (Å²) >= 11 is 0. The van der Waals surface area contributed by atoms with Crippen LogP contribution in [0, 0.1) is 0 Å². The van der Waals surface area contributed by atoms with Gasteiger partial charge in [0.15, 0.2) is 0 Å². The van der Waals surface area contributed by atoms with E-state index in [4.69, 9.17) is 4.84 Å². The normalized spacial score (nSPS) is 19.4. The summed E-state index contributed by atoms with van der Waals surface area (Å²) in [6, 6.07) is 6.26. The zero-order chi connectivity index (χ0) is 11.8. The molecule has 0 saturated heterocycles. The molecule has 0 fully saturated rings. The Morgan fingerprint density at radius 1 is 1.35 bits per heavy atom. The predicted molar refractivity (Wildman–Crippen MR) is 65.3 cm³/mol. The summed E-state index contributed by atoms with van der Waals surface area (Å²) in [4.78, 5) is 18.0. The van der Waals surface area contributed by atoms with E-state index in [-0.39, 0.29) is 5.97 Å². The van der Waals surface area contributed by atoms with Gasteiger partial charge in [-0.25, -0.2) is 4.79 Å². The molecule has 0 amide bonds. The van der Waals surface area contributed by atoms with Gasteiger partial charge < -0.3 is 9.74 Å². The maximum absolute atomic E-state index is 10.8. The highest BCUT2D eigenvalue weighted by molar-refractivity contribution is 6.07. The number of carbonyl (C=O) groups is 1. The molecule has 0 N–H and O–H groups in total. The van der Waals surface area contributed by atoms with E-state index in [1.807, 2.05) is 6.07 Å². The molecule has 4 heteroatoms. The minimum Gasteiger partial charge on any atom is -0.370 e. The monoisotopic (exact) mass is 230 g/mol. The number of hydrogen-bond donors (Lipinski definition) is 0. The molecule has 0 aliphatic carbocycles. The Labute approximate surface area is 99.9 Å². The van der Waals surface area contributed by atoms with Gasteiger partial charge in [-0.2, -0.15) is 0 Å². The van der Waals surface area contributed by atoms with Crippen LogP contribution >= 0.6 is 0 Å². The lowest BCUT2D eigenvalue weighted by molar-refractivity contribution is -0.140. The molecule has 4 nitrogen and oxygen atoms in total. The number of anilines is 1. The molecule has 17 heavy (non-hydrogen) atoms. The van der Waals surface area contributed by atoms with E-state index >= 15 is 0 Å². The summed E-state index contributed by atoms with van der Waals surface area (Å²) in [6.45, 7) is 3.42. The molecule has 1 aromatic rings. The molecular weight excluding hydrogens is 216 g/mol. The van der Waals surface area contributed by atoms with Crippen LogP contribution in [0.15, 0.2) is 23.4 Å². The van der Waals surface area contributed by atoms with Gasteiger partial charge in [0.05, 0.1) is 5.71 Å². The van der Waals surface area contributed by atoms with Crippen molar-refractivity contribution in [1.82, 2.24) is 0 Å². The SMILES string of the molecule is CC(=O)O/N=C1\CCN2CCc3cccc1c32. The molecule has 0 atom stereocenters. The number of benzene rings is 1. The second-order valence-electron chi connectivity index (χ2n) is 4.42. The zero-order valence-corrected chi connectivity index (χ0v) is 9.77. The number of oxime groups is 1. The molecule has 2 aliphatic rings. The smallest absolute Gasteiger partial charge is 0.331 e. The Bertz CT molecular complexity index is 508. The number of carbonyl (C=O) groups excluding carboxylic acids is 1. The molecule has 2 heterocycles. The van der Waals surface area contributed by atoms with Gasteiger partial charge in [0.2, 0.25) is 0 Å². The summed E-state index contributed by atoms with van der Waals surface area (Å²) in [6.07, 6.45) is 1.94. The number of hydrogen-bond acceptors (Lipinski definition) is 4. The molecule has 0 radical (unpaired) electrons. The van der Waals surface area contributed by atoms with E-state index in [1.165, 1.54) is 18.2 Å². The highest BCUT2D eigenvalue weighted by atomic mass is 16.7. The van der Waals surface area contributed by atoms with E-state index in [2.05, 4.69) is 22.2 Å². The second kappa shape index (κ2) is 3.87. The Kier molecular flexibility index (Phi) is 2.35. The van der Waals surface area contributed by atoms with Crippen LogP contribution in [0.1, 0.15) is 24.5 Å². The number of para-hydroxylation sites is 1. The molecule has 88 valence electrons. The van der Waals surface area contributed by atoms with Crippen LogP contribution in [-0.2, 0) is 16.1 Å². The van der Waals surface area contributed by atoms with Gasteiger partial charge in [-0.1, -0.05) is 23.4 Å². The first-order valence-electron chi connectivity index (χ1n) is 5.87. The van der Waals surface area contributed by atoms with Crippen LogP contribution in [-0.4, -0.2) is 24.8 Å². The average molecular weight is 230 g/mol. The molecule has 0 unspecified atom stereocenters. The summed E-state index contributed by atoms with van der Waals surface area (Å²) in [7, 11) is 0. The predicted octanol–water partition coefficient (Wildman–Crippen LogP) is 1.72. The zero-order valence-electron chi connectivity index (χ0n) is 9.77. The third kappa shape index (κ3) is 1.69. The van der Waals surface area contributed by atoms with Crippen LogP contribution in [0.25, 0.3) is 0 Å². The van der Waals surface area contributed by atoms with Gasteiger partial charge in [-0.15, -0.1) is 0 Å². The second-order valence-corrected chi connectivity index (χ2v) is 4.42. The van der Waals surface area contributed by atoms with E-state index in [0.717, 1.165) is 37.2 Å². The maximum atomic E-state index is 10.8. The minimum atomic E-state index is -0.368. The van der Waals surface area contributed by atoms with Gasteiger partial charge in [-0.05, 0) is 12.0 Å². The largest absolute Gasteiger partial charge is 0.370 e. The number of rotatable bonds is 1. The van der Waals surface area contributed by atoms with E-state index in [1.54, 1.807) is 0 Å². The van der Waals surface area contributed by atoms with Crippen LogP contribution in [0.5, 0.6) is 0 Å². The summed E-state index contributed by atoms with van der Waals surface area (Å²) in [5, 5.41) is 3.97. The summed E-state index contributed by atoms with van der Waals surface area (Å²) in [5.41, 5.74) is 4.66. The van der Waals surface area contributed by atoms with Crippen LogP contribution in [0.4, 0.5) is 5.69 Å². The molecule has 0 spiro atoms. The topological polar surface area (TPSA) is 41.9 Å². The lowest BCUT2D eigenvalue weighted by Crippen LogP contribution is -2.30. The molecule has 0 bridgehead atoms. The Morgan fingerprint density at radius 2 is 2.18 bits per heavy atom. The van der Waals surface area contributed by atoms with Crippen molar-refractivity contribution >= 4 is 17.4 Å². The van der Waals surface area contributed by atoms with Crippen LogP contribution < -0.4 is 4.90 Å². The molecule has 0 saturated carbocycles. The highest BCUT2D eigenvalue weighted by Gasteiger charge is 2.28. The third-order valence-corrected chi connectivity index (χ3v) is 3.30. The summed E-state index contributed by atoms with van der Waals surface area (Å²) < 4.78 is 0. The first-order valence-corrected chi connectivity index (χ1v) is 5.87. The fraction of sp³-hybridized carbons (Fsp3) is 0.385. The quantitative estimate of drug-likeness (QED) is 0.545. The van der Waals surface area contributed by atoms with Crippen molar-refractivity contribution < 1.29 is 9.63 Å². The summed E-state index contributed by atoms with van der Waals surface area (Å²) in [5.74, 6) is -0.368. The maximum Gasteiger partial charge on any atom is 0.331 e. The van der Waals surface area contributed by atoms with Crippen LogP contribution in [0.2, 0.25) is 0 Å². The van der Waals surface area contributed by atoms with E-state index < -0.39 is 0 Å². The van der Waals surface area contributed by atoms with Gasteiger partial charge in [0, 0.05) is 37.7 Å². The number of nitrogens with zero attached hydrogens (tertiary/aromatic N) is 2. The van der Waals surface area contributed by atoms with Crippen molar-refractivity contribution in [2.24, 2.45) is 5.16 Å². The standard InChI is InChI=1S/C13H14N2O2/c1-9(16)17-14-12-6-8-15-7-5-10-3-2-4-11(12)13(10)15/h2-4H,5-8H2,1H3/b14-12+. The Hall–Kier alpha value is -1.84. The average Bonchev–Trinajstić information content (AvgIpc) is 2.74. The highest BCUT2D eigenvalue weighted by Crippen LogP contribution is 2.35. The molecule has 3 rings (SSSR count). The van der Waals surface area contributed by atoms with Gasteiger partial charge in [0.1, 0.15) is 0 Å². The van der Waals surface area contributed by atoms with Crippen LogP contribution in [0.3, 0.4) is 0 Å². The molecule has 2 aliphatic heterocycles. The fourth-order valence-electron chi connectivity index (χ4n) is 2.58. The van der Waals surface area contributed by atoms with Crippen molar-refractivity contribution in [3.05, 3.63) is 29.3 Å². The lowest BCUT2D eigenvalue weighted by Gasteiger charge is -2.27. The van der Waals surface area contributed by atoms with Crippen molar-refractivity contribution in [3.63, 3.8) is 0 Å². The Balaban J connectivity index is 2.03. The first kappa shape index (κ1) is 10.3. The third-order valence-electron chi connectivity index (χ3n) is 3.30. The molecule has 0 aromatic heterocycles. The van der Waals surface area contributed by atoms with Gasteiger partial charge in [-0.3, -0.25) is 0 Å². The van der Waals surface area contributed by atoms with Crippen molar-refractivity contribution in [1.29, 1.82) is 0 Å². The van der Waals surface area contributed by atoms with Crippen molar-refractivity contribution in [3.8, 4) is 0 Å². The van der Waals surface area contributed by atoms with Gasteiger partial charge in [0.25, 0.3) is 0 Å². The van der Waals surface area contributed by atoms with Crippen molar-refractivity contribution in [2.75, 3.05) is 18.0 Å². The first-order chi connectivity index (χ1) is 8.25. The Morgan fingerprint density at radius 3 is 3.00 bits per heavy atom. The molecule has 1 aromatic carbocycles. The lowest BCUT2D eigenvalue weighted by atomic mass is 9.98. The fourth-order valence-corrected chi connectivity index (χ4v) is 2.58. The van der Waals surface area contributed by atoms with E-state index in [0.29, 0.717) is 0 Å². The van der Waals surface area contributed by atoms with Gasteiger partial charge >= 0.3 is 5.97 Å². The van der Waals surface area contributed by atoms with Crippen molar-refractivity contribution in [2.45, 2.75) is 19.8 Å².